The van der Waals surface area contributed by atoms with E-state index in [9.17, 15) is 9.59 Å². The minimum Gasteiger partial charge on any atom is -0.321 e. The van der Waals surface area contributed by atoms with Crippen LogP contribution in [0.15, 0.2) is 41.3 Å². The van der Waals surface area contributed by atoms with Gasteiger partial charge in [0.25, 0.3) is 5.91 Å². The molecule has 1 N–H and O–H groups in total. The second-order valence-electron chi connectivity index (χ2n) is 4.64. The average molecular weight is 256 g/mol. The van der Waals surface area contributed by atoms with Gasteiger partial charge in [-0.1, -0.05) is 17.7 Å². The molecule has 0 aliphatic carbocycles. The molecule has 0 bridgehead atoms. The summed E-state index contributed by atoms with van der Waals surface area (Å²) in [5.41, 5.74) is 3.19. The smallest absolute Gasteiger partial charge is 0.255 e. The van der Waals surface area contributed by atoms with Crippen LogP contribution in [-0.2, 0) is 7.05 Å². The van der Waals surface area contributed by atoms with E-state index >= 15 is 0 Å². The standard InChI is InChI=1S/C15H16N2O2/c1-10-4-6-13(11(2)8-10)15(19)16-12-5-7-14(18)17(3)9-12/h4-9H,1-3H3,(H,16,19). The van der Waals surface area contributed by atoms with Crippen LogP contribution < -0.4 is 10.9 Å². The SMILES string of the molecule is Cc1ccc(C(=O)Nc2ccc(=O)n(C)c2)c(C)c1. The largest absolute Gasteiger partial charge is 0.321 e. The summed E-state index contributed by atoms with van der Waals surface area (Å²) in [4.78, 5) is 23.4. The highest BCUT2D eigenvalue weighted by Crippen LogP contribution is 2.13. The lowest BCUT2D eigenvalue weighted by atomic mass is 10.1. The average Bonchev–Trinajstić information content (AvgIpc) is 2.33. The lowest BCUT2D eigenvalue weighted by Gasteiger charge is -2.09. The number of nitrogens with one attached hydrogen (secondary N) is 1. The Morgan fingerprint density at radius 2 is 1.89 bits per heavy atom. The van der Waals surface area contributed by atoms with Crippen molar-refractivity contribution in [2.45, 2.75) is 13.8 Å². The fraction of sp³-hybridized carbons (Fsp3) is 0.200. The quantitative estimate of drug-likeness (QED) is 0.896. The number of aryl methyl sites for hydroxylation is 3. The van der Waals surface area contributed by atoms with E-state index in [1.54, 1.807) is 19.3 Å². The molecule has 1 amide bonds. The number of nitrogens with zero attached hydrogens (tertiary/aromatic N) is 1. The topological polar surface area (TPSA) is 51.1 Å². The highest BCUT2D eigenvalue weighted by molar-refractivity contribution is 6.05. The van der Waals surface area contributed by atoms with E-state index in [1.807, 2.05) is 32.0 Å². The summed E-state index contributed by atoms with van der Waals surface area (Å²) in [6.45, 7) is 3.89. The predicted molar refractivity (Wildman–Crippen MR) is 75.6 cm³/mol. The normalized spacial score (nSPS) is 10.3. The molecule has 4 nitrogen and oxygen atoms in total. The first-order valence-electron chi connectivity index (χ1n) is 6.02. The third-order valence-corrected chi connectivity index (χ3v) is 2.97. The van der Waals surface area contributed by atoms with Crippen LogP contribution in [0.4, 0.5) is 5.69 Å². The van der Waals surface area contributed by atoms with E-state index in [4.69, 9.17) is 0 Å². The lowest BCUT2D eigenvalue weighted by molar-refractivity contribution is 0.102. The summed E-state index contributed by atoms with van der Waals surface area (Å²) in [5, 5.41) is 2.79. The van der Waals surface area contributed by atoms with E-state index < -0.39 is 0 Å². The maximum absolute atomic E-state index is 12.1. The number of pyridine rings is 1. The Labute approximate surface area is 111 Å². The van der Waals surface area contributed by atoms with E-state index in [0.29, 0.717) is 11.3 Å². The number of aromatic nitrogens is 1. The van der Waals surface area contributed by atoms with Crippen molar-refractivity contribution in [2.24, 2.45) is 7.05 Å². The summed E-state index contributed by atoms with van der Waals surface area (Å²) < 4.78 is 1.43. The number of hydrogen-bond donors (Lipinski definition) is 1. The molecule has 0 saturated carbocycles. The van der Waals surface area contributed by atoms with Gasteiger partial charge in [0, 0.05) is 24.9 Å². The van der Waals surface area contributed by atoms with Crippen molar-refractivity contribution in [3.8, 4) is 0 Å². The fourth-order valence-electron chi connectivity index (χ4n) is 1.93. The third kappa shape index (κ3) is 2.91. The molecule has 0 spiro atoms. The highest BCUT2D eigenvalue weighted by atomic mass is 16.1. The number of benzene rings is 1. The molecule has 0 fully saturated rings. The molecular formula is C15H16N2O2. The van der Waals surface area contributed by atoms with Crippen LogP contribution in [0.2, 0.25) is 0 Å². The Morgan fingerprint density at radius 1 is 1.16 bits per heavy atom. The molecule has 0 atom stereocenters. The number of hydrogen-bond acceptors (Lipinski definition) is 2. The second kappa shape index (κ2) is 5.10. The summed E-state index contributed by atoms with van der Waals surface area (Å²) in [6, 6.07) is 8.71. The van der Waals surface area contributed by atoms with Crippen LogP contribution in [0.1, 0.15) is 21.5 Å². The van der Waals surface area contributed by atoms with Crippen LogP contribution in [0.25, 0.3) is 0 Å². The van der Waals surface area contributed by atoms with Crippen LogP contribution in [0.3, 0.4) is 0 Å². The molecule has 1 aromatic heterocycles. The highest BCUT2D eigenvalue weighted by Gasteiger charge is 2.09. The fourth-order valence-corrected chi connectivity index (χ4v) is 1.93. The molecule has 0 unspecified atom stereocenters. The monoisotopic (exact) mass is 256 g/mol. The molecular weight excluding hydrogens is 240 g/mol. The first-order chi connectivity index (χ1) is 8.97. The Bertz CT molecular complexity index is 687. The molecule has 0 radical (unpaired) electrons. The summed E-state index contributed by atoms with van der Waals surface area (Å²) in [7, 11) is 1.65. The van der Waals surface area contributed by atoms with Gasteiger partial charge in [0.05, 0.1) is 5.69 Å². The van der Waals surface area contributed by atoms with Crippen molar-refractivity contribution >= 4 is 11.6 Å². The zero-order valence-electron chi connectivity index (χ0n) is 11.2. The van der Waals surface area contributed by atoms with E-state index in [0.717, 1.165) is 11.1 Å². The second-order valence-corrected chi connectivity index (χ2v) is 4.64. The van der Waals surface area contributed by atoms with Crippen LogP contribution >= 0.6 is 0 Å². The van der Waals surface area contributed by atoms with Gasteiger partial charge in [-0.25, -0.2) is 0 Å². The zero-order chi connectivity index (χ0) is 14.0. The molecule has 2 rings (SSSR count). The van der Waals surface area contributed by atoms with Crippen molar-refractivity contribution in [3.63, 3.8) is 0 Å². The Morgan fingerprint density at radius 3 is 2.53 bits per heavy atom. The van der Waals surface area contributed by atoms with Gasteiger partial charge in [0.1, 0.15) is 0 Å². The summed E-state index contributed by atoms with van der Waals surface area (Å²) >= 11 is 0. The van der Waals surface area contributed by atoms with Gasteiger partial charge in [0.2, 0.25) is 5.56 Å². The maximum Gasteiger partial charge on any atom is 0.255 e. The first-order valence-corrected chi connectivity index (χ1v) is 6.02. The van der Waals surface area contributed by atoms with Gasteiger partial charge < -0.3 is 9.88 Å². The molecule has 1 aromatic carbocycles. The van der Waals surface area contributed by atoms with E-state index in [-0.39, 0.29) is 11.5 Å². The predicted octanol–water partition coefficient (Wildman–Crippen LogP) is 2.25. The Hall–Kier alpha value is -2.36. The third-order valence-electron chi connectivity index (χ3n) is 2.97. The molecule has 0 aliphatic rings. The molecule has 19 heavy (non-hydrogen) atoms. The van der Waals surface area contributed by atoms with Gasteiger partial charge in [-0.05, 0) is 31.5 Å². The first kappa shape index (κ1) is 13.1. The van der Waals surface area contributed by atoms with Crippen molar-refractivity contribution in [1.82, 2.24) is 4.57 Å². The minimum absolute atomic E-state index is 0.107. The van der Waals surface area contributed by atoms with Crippen LogP contribution in [-0.4, -0.2) is 10.5 Å². The van der Waals surface area contributed by atoms with Crippen molar-refractivity contribution in [3.05, 3.63) is 63.6 Å². The summed E-state index contributed by atoms with van der Waals surface area (Å²) in [6.07, 6.45) is 1.60. The van der Waals surface area contributed by atoms with Gasteiger partial charge in [-0.2, -0.15) is 0 Å². The maximum atomic E-state index is 12.1. The van der Waals surface area contributed by atoms with Crippen LogP contribution in [0.5, 0.6) is 0 Å². The number of amides is 1. The number of rotatable bonds is 2. The molecule has 0 saturated heterocycles. The summed E-state index contributed by atoms with van der Waals surface area (Å²) in [5.74, 6) is -0.170. The molecule has 98 valence electrons. The number of anilines is 1. The van der Waals surface area contributed by atoms with Crippen molar-refractivity contribution < 1.29 is 4.79 Å². The van der Waals surface area contributed by atoms with E-state index in [1.165, 1.54) is 10.6 Å². The molecule has 0 aliphatic heterocycles. The Kier molecular flexibility index (Phi) is 3.51. The number of carbonyl (C=O) groups is 1. The minimum atomic E-state index is -0.170. The van der Waals surface area contributed by atoms with Gasteiger partial charge in [0.15, 0.2) is 0 Å². The van der Waals surface area contributed by atoms with E-state index in [2.05, 4.69) is 5.32 Å². The zero-order valence-corrected chi connectivity index (χ0v) is 11.2. The molecule has 4 heteroatoms. The molecule has 1 heterocycles. The van der Waals surface area contributed by atoms with Gasteiger partial charge in [-0.3, -0.25) is 9.59 Å². The van der Waals surface area contributed by atoms with Gasteiger partial charge in [-0.15, -0.1) is 0 Å². The van der Waals surface area contributed by atoms with Crippen molar-refractivity contribution in [1.29, 1.82) is 0 Å². The number of carbonyl (C=O) groups excluding carboxylic acids is 1. The van der Waals surface area contributed by atoms with Gasteiger partial charge >= 0.3 is 0 Å². The lowest BCUT2D eigenvalue weighted by Crippen LogP contribution is -2.18. The van der Waals surface area contributed by atoms with Crippen LogP contribution in [0, 0.1) is 13.8 Å². The molecule has 2 aromatic rings. The Balaban J connectivity index is 2.25. The van der Waals surface area contributed by atoms with Crippen molar-refractivity contribution in [2.75, 3.05) is 5.32 Å².